The standard InChI is InChI=1S/C43H70O7/c1-6-9-11-12-33-13-15-34(16-14-33)35-17-19-36(20-18-35)39-28-37(21-25-48-40(46)8-3)41(38(29-39)22-26-50-42(47)32(4)5)49-27-24-43(30-44,31-45)23-10-7-2/h28-29,33-36,44-45H,4,6-27,30-31H2,1-3,5H3. The molecular weight excluding hydrogens is 628 g/mol. The summed E-state index contributed by atoms with van der Waals surface area (Å²) in [6, 6.07) is 4.51. The third-order valence-corrected chi connectivity index (χ3v) is 11.8. The maximum absolute atomic E-state index is 12.3. The van der Waals surface area contributed by atoms with Crippen LogP contribution in [0, 0.1) is 23.2 Å². The lowest BCUT2D eigenvalue weighted by Crippen LogP contribution is -2.32. The van der Waals surface area contributed by atoms with Crippen LogP contribution < -0.4 is 4.74 Å². The van der Waals surface area contributed by atoms with E-state index in [1.807, 2.05) is 0 Å². The summed E-state index contributed by atoms with van der Waals surface area (Å²) in [7, 11) is 0. The zero-order valence-electron chi connectivity index (χ0n) is 32.1. The summed E-state index contributed by atoms with van der Waals surface area (Å²) in [6.07, 6.45) is 20.5. The lowest BCUT2D eigenvalue weighted by molar-refractivity contribution is -0.143. The quantitative estimate of drug-likeness (QED) is 0.0667. The van der Waals surface area contributed by atoms with Crippen molar-refractivity contribution < 1.29 is 34.0 Å². The predicted octanol–water partition coefficient (Wildman–Crippen LogP) is 9.43. The van der Waals surface area contributed by atoms with Gasteiger partial charge in [-0.05, 0) is 98.7 Å². The SMILES string of the molecule is C=C(C)C(=O)OCCc1cc(C2CCC(C3CCC(CCCCC)CC3)CC2)cc(CCOC(=O)CC)c1OCCC(CO)(CO)CCCC. The van der Waals surface area contributed by atoms with E-state index in [1.54, 1.807) is 13.8 Å². The summed E-state index contributed by atoms with van der Waals surface area (Å²) < 4.78 is 17.6. The molecule has 0 bridgehead atoms. The molecule has 0 saturated heterocycles. The van der Waals surface area contributed by atoms with Crippen molar-refractivity contribution in [2.24, 2.45) is 23.2 Å². The van der Waals surface area contributed by atoms with Crippen LogP contribution in [0.25, 0.3) is 0 Å². The van der Waals surface area contributed by atoms with Gasteiger partial charge in [0, 0.05) is 30.3 Å². The monoisotopic (exact) mass is 699 g/mol. The molecule has 0 amide bonds. The van der Waals surface area contributed by atoms with Gasteiger partial charge in [-0.15, -0.1) is 0 Å². The minimum absolute atomic E-state index is 0.0988. The lowest BCUT2D eigenvalue weighted by atomic mass is 9.67. The first kappa shape index (κ1) is 42.0. The van der Waals surface area contributed by atoms with Gasteiger partial charge in [0.2, 0.25) is 0 Å². The summed E-state index contributed by atoms with van der Waals surface area (Å²) in [6.45, 7) is 12.2. The van der Waals surface area contributed by atoms with Crippen LogP contribution in [0.3, 0.4) is 0 Å². The summed E-state index contributed by atoms with van der Waals surface area (Å²) in [5.41, 5.74) is 3.02. The molecule has 284 valence electrons. The Kier molecular flexibility index (Phi) is 18.9. The second-order valence-electron chi connectivity index (χ2n) is 15.6. The van der Waals surface area contributed by atoms with E-state index in [9.17, 15) is 19.8 Å². The molecule has 50 heavy (non-hydrogen) atoms. The Labute approximate surface area is 303 Å². The van der Waals surface area contributed by atoms with Gasteiger partial charge >= 0.3 is 11.9 Å². The number of ether oxygens (including phenoxy) is 3. The lowest BCUT2D eigenvalue weighted by Gasteiger charge is -2.38. The van der Waals surface area contributed by atoms with E-state index in [0.29, 0.717) is 43.8 Å². The Balaban J connectivity index is 1.80. The Hall–Kier alpha value is -2.38. The molecule has 2 saturated carbocycles. The van der Waals surface area contributed by atoms with E-state index in [4.69, 9.17) is 14.2 Å². The number of esters is 2. The smallest absolute Gasteiger partial charge is 0.333 e. The van der Waals surface area contributed by atoms with Crippen LogP contribution in [-0.4, -0.2) is 55.2 Å². The number of aliphatic hydroxyl groups is 2. The molecule has 1 aromatic carbocycles. The summed E-state index contributed by atoms with van der Waals surface area (Å²) in [5.74, 6) is 3.19. The minimum Gasteiger partial charge on any atom is -0.493 e. The van der Waals surface area contributed by atoms with Gasteiger partial charge < -0.3 is 24.4 Å². The molecule has 0 radical (unpaired) electrons. The van der Waals surface area contributed by atoms with E-state index in [1.165, 1.54) is 82.6 Å². The highest BCUT2D eigenvalue weighted by atomic mass is 16.5. The second kappa shape index (κ2) is 22.5. The van der Waals surface area contributed by atoms with Gasteiger partial charge in [0.05, 0.1) is 33.0 Å². The molecule has 7 heteroatoms. The van der Waals surface area contributed by atoms with E-state index < -0.39 is 11.4 Å². The van der Waals surface area contributed by atoms with Crippen LogP contribution in [0.2, 0.25) is 0 Å². The molecule has 2 aliphatic carbocycles. The predicted molar refractivity (Wildman–Crippen MR) is 201 cm³/mol. The zero-order chi connectivity index (χ0) is 36.4. The Bertz CT molecular complexity index is 1160. The molecule has 0 aromatic heterocycles. The fourth-order valence-corrected chi connectivity index (χ4v) is 8.30. The van der Waals surface area contributed by atoms with Crippen LogP contribution in [0.4, 0.5) is 0 Å². The minimum atomic E-state index is -0.600. The number of aliphatic hydroxyl groups excluding tert-OH is 2. The average molecular weight is 699 g/mol. The molecule has 2 fully saturated rings. The molecule has 2 aliphatic rings. The molecule has 1 aromatic rings. The third-order valence-electron chi connectivity index (χ3n) is 11.8. The highest BCUT2D eigenvalue weighted by molar-refractivity contribution is 5.86. The first-order valence-electron chi connectivity index (χ1n) is 20.2. The molecular formula is C43H70O7. The van der Waals surface area contributed by atoms with E-state index in [0.717, 1.165) is 53.9 Å². The highest BCUT2D eigenvalue weighted by Gasteiger charge is 2.32. The summed E-state index contributed by atoms with van der Waals surface area (Å²) in [5, 5.41) is 20.5. The maximum atomic E-state index is 12.3. The molecule has 3 rings (SSSR count). The van der Waals surface area contributed by atoms with Crippen molar-refractivity contribution in [3.8, 4) is 5.75 Å². The number of benzene rings is 1. The van der Waals surface area contributed by atoms with Crippen LogP contribution >= 0.6 is 0 Å². The zero-order valence-corrected chi connectivity index (χ0v) is 32.1. The van der Waals surface area contributed by atoms with Gasteiger partial charge in [-0.3, -0.25) is 4.79 Å². The topological polar surface area (TPSA) is 102 Å². The molecule has 2 N–H and O–H groups in total. The van der Waals surface area contributed by atoms with Crippen molar-refractivity contribution in [1.29, 1.82) is 0 Å². The van der Waals surface area contributed by atoms with Crippen LogP contribution in [0.1, 0.15) is 159 Å². The van der Waals surface area contributed by atoms with Crippen molar-refractivity contribution in [1.82, 2.24) is 0 Å². The average Bonchev–Trinajstić information content (AvgIpc) is 3.14. The normalized spacial score (nSPS) is 21.1. The number of carbonyl (C=O) groups is 2. The fourth-order valence-electron chi connectivity index (χ4n) is 8.30. The number of hydrogen-bond acceptors (Lipinski definition) is 7. The summed E-state index contributed by atoms with van der Waals surface area (Å²) >= 11 is 0. The maximum Gasteiger partial charge on any atom is 0.333 e. The van der Waals surface area contributed by atoms with Crippen molar-refractivity contribution in [3.05, 3.63) is 41.0 Å². The highest BCUT2D eigenvalue weighted by Crippen LogP contribution is 2.45. The van der Waals surface area contributed by atoms with Crippen LogP contribution in [-0.2, 0) is 31.9 Å². The Morgan fingerprint density at radius 1 is 0.780 bits per heavy atom. The first-order chi connectivity index (χ1) is 24.2. The third kappa shape index (κ3) is 13.3. The number of hydrogen-bond donors (Lipinski definition) is 2. The van der Waals surface area contributed by atoms with Crippen molar-refractivity contribution >= 4 is 11.9 Å². The second-order valence-corrected chi connectivity index (χ2v) is 15.6. The van der Waals surface area contributed by atoms with Crippen LogP contribution in [0.5, 0.6) is 5.75 Å². The molecule has 0 unspecified atom stereocenters. The fraction of sp³-hybridized carbons (Fsp3) is 0.767. The van der Waals surface area contributed by atoms with Crippen LogP contribution in [0.15, 0.2) is 24.3 Å². The number of carbonyl (C=O) groups excluding carboxylic acids is 2. The van der Waals surface area contributed by atoms with Crippen molar-refractivity contribution in [3.63, 3.8) is 0 Å². The van der Waals surface area contributed by atoms with Crippen molar-refractivity contribution in [2.45, 2.75) is 156 Å². The van der Waals surface area contributed by atoms with Gasteiger partial charge in [0.1, 0.15) is 5.75 Å². The number of rotatable bonds is 23. The molecule has 0 aliphatic heterocycles. The van der Waals surface area contributed by atoms with E-state index in [2.05, 4.69) is 32.6 Å². The van der Waals surface area contributed by atoms with Gasteiger partial charge in [0.25, 0.3) is 0 Å². The van der Waals surface area contributed by atoms with Gasteiger partial charge in [0.15, 0.2) is 0 Å². The number of unbranched alkanes of at least 4 members (excludes halogenated alkanes) is 3. The van der Waals surface area contributed by atoms with E-state index in [-0.39, 0.29) is 32.4 Å². The van der Waals surface area contributed by atoms with Gasteiger partial charge in [-0.2, -0.15) is 0 Å². The van der Waals surface area contributed by atoms with Crippen molar-refractivity contribution in [2.75, 3.05) is 33.0 Å². The van der Waals surface area contributed by atoms with Gasteiger partial charge in [-0.1, -0.05) is 90.8 Å². The van der Waals surface area contributed by atoms with Gasteiger partial charge in [-0.25, -0.2) is 4.79 Å². The molecule has 0 heterocycles. The Morgan fingerprint density at radius 3 is 1.90 bits per heavy atom. The Morgan fingerprint density at radius 2 is 1.36 bits per heavy atom. The summed E-state index contributed by atoms with van der Waals surface area (Å²) in [4.78, 5) is 24.3. The molecule has 0 atom stereocenters. The first-order valence-corrected chi connectivity index (χ1v) is 20.2. The molecule has 7 nitrogen and oxygen atoms in total. The molecule has 0 spiro atoms. The largest absolute Gasteiger partial charge is 0.493 e. The van der Waals surface area contributed by atoms with E-state index >= 15 is 0 Å².